The van der Waals surface area contributed by atoms with Crippen LogP contribution < -0.4 is 5.32 Å². The minimum Gasteiger partial charge on any atom is -0.341 e. The van der Waals surface area contributed by atoms with Crippen molar-refractivity contribution in [2.45, 2.75) is 19.4 Å². The molecule has 2 unspecified atom stereocenters. The van der Waals surface area contributed by atoms with Crippen LogP contribution in [0.2, 0.25) is 0 Å². The third kappa shape index (κ3) is 4.21. The SMILES string of the molecule is CNC1CCN(C(=O)C(C)CSC)C1.Cl. The fraction of sp³-hybridized carbons (Fsp3) is 0.900. The summed E-state index contributed by atoms with van der Waals surface area (Å²) in [6, 6.07) is 0.500. The second kappa shape index (κ2) is 7.36. The van der Waals surface area contributed by atoms with Crippen molar-refractivity contribution >= 4 is 30.1 Å². The summed E-state index contributed by atoms with van der Waals surface area (Å²) in [6.45, 7) is 3.82. The van der Waals surface area contributed by atoms with E-state index in [4.69, 9.17) is 0 Å². The largest absolute Gasteiger partial charge is 0.341 e. The van der Waals surface area contributed by atoms with Gasteiger partial charge < -0.3 is 10.2 Å². The van der Waals surface area contributed by atoms with E-state index in [9.17, 15) is 4.79 Å². The minimum atomic E-state index is 0. The number of nitrogens with one attached hydrogen (secondary N) is 1. The molecule has 3 nitrogen and oxygen atoms in total. The van der Waals surface area contributed by atoms with Gasteiger partial charge in [-0.15, -0.1) is 12.4 Å². The van der Waals surface area contributed by atoms with Crippen molar-refractivity contribution < 1.29 is 4.79 Å². The van der Waals surface area contributed by atoms with Crippen LogP contribution in [0.5, 0.6) is 0 Å². The number of likely N-dealkylation sites (tertiary alicyclic amines) is 1. The lowest BCUT2D eigenvalue weighted by molar-refractivity contribution is -0.133. The first-order chi connectivity index (χ1) is 6.69. The molecule has 0 spiro atoms. The van der Waals surface area contributed by atoms with Crippen molar-refractivity contribution in [3.8, 4) is 0 Å². The fourth-order valence-electron chi connectivity index (χ4n) is 1.83. The zero-order chi connectivity index (χ0) is 10.6. The highest BCUT2D eigenvalue weighted by Crippen LogP contribution is 2.14. The summed E-state index contributed by atoms with van der Waals surface area (Å²) >= 11 is 1.74. The molecule has 0 saturated carbocycles. The third-order valence-electron chi connectivity index (χ3n) is 2.75. The molecule has 0 aromatic heterocycles. The van der Waals surface area contributed by atoms with Gasteiger partial charge in [-0.1, -0.05) is 6.92 Å². The Bertz CT molecular complexity index is 204. The summed E-state index contributed by atoms with van der Waals surface area (Å²) in [5.41, 5.74) is 0. The van der Waals surface area contributed by atoms with Crippen LogP contribution in [0.3, 0.4) is 0 Å². The van der Waals surface area contributed by atoms with E-state index in [0.717, 1.165) is 25.3 Å². The Morgan fingerprint density at radius 3 is 2.80 bits per heavy atom. The molecule has 0 radical (unpaired) electrons. The van der Waals surface area contributed by atoms with Gasteiger partial charge in [0.15, 0.2) is 0 Å². The molecule has 1 aliphatic heterocycles. The first-order valence-corrected chi connectivity index (χ1v) is 6.53. The van der Waals surface area contributed by atoms with Crippen molar-refractivity contribution in [2.75, 3.05) is 32.1 Å². The van der Waals surface area contributed by atoms with Crippen molar-refractivity contribution in [3.05, 3.63) is 0 Å². The second-order valence-electron chi connectivity index (χ2n) is 3.91. The van der Waals surface area contributed by atoms with Gasteiger partial charge in [0.2, 0.25) is 5.91 Å². The lowest BCUT2D eigenvalue weighted by Crippen LogP contribution is -2.37. The maximum Gasteiger partial charge on any atom is 0.226 e. The Labute approximate surface area is 103 Å². The van der Waals surface area contributed by atoms with Gasteiger partial charge in [0.05, 0.1) is 0 Å². The van der Waals surface area contributed by atoms with Crippen LogP contribution in [0.25, 0.3) is 0 Å². The van der Waals surface area contributed by atoms with Crippen molar-refractivity contribution in [3.63, 3.8) is 0 Å². The average Bonchev–Trinajstić information content (AvgIpc) is 2.65. The number of halogens is 1. The monoisotopic (exact) mass is 252 g/mol. The van der Waals surface area contributed by atoms with Crippen LogP contribution in [0, 0.1) is 5.92 Å². The topological polar surface area (TPSA) is 32.3 Å². The molecule has 1 heterocycles. The van der Waals surface area contributed by atoms with Crippen LogP contribution in [-0.2, 0) is 4.79 Å². The highest BCUT2D eigenvalue weighted by molar-refractivity contribution is 7.98. The Hall–Kier alpha value is 0.0700. The quantitative estimate of drug-likeness (QED) is 0.817. The standard InChI is InChI=1S/C10H20N2OS.ClH/c1-8(7-14-3)10(13)12-5-4-9(6-12)11-2;/h8-9,11H,4-7H2,1-3H3;1H. The number of nitrogens with zero attached hydrogens (tertiary/aromatic N) is 1. The molecule has 0 aromatic rings. The van der Waals surface area contributed by atoms with Gasteiger partial charge in [-0.25, -0.2) is 0 Å². The number of hydrogen-bond acceptors (Lipinski definition) is 3. The highest BCUT2D eigenvalue weighted by atomic mass is 35.5. The predicted molar refractivity (Wildman–Crippen MR) is 68.8 cm³/mol. The summed E-state index contributed by atoms with van der Waals surface area (Å²) in [6.07, 6.45) is 3.14. The fourth-order valence-corrected chi connectivity index (χ4v) is 2.47. The number of carbonyl (C=O) groups is 1. The van der Waals surface area contributed by atoms with Gasteiger partial charge in [-0.2, -0.15) is 11.8 Å². The number of thioether (sulfide) groups is 1. The van der Waals surface area contributed by atoms with Gasteiger partial charge in [-0.05, 0) is 19.7 Å². The summed E-state index contributed by atoms with van der Waals surface area (Å²) in [5, 5.41) is 3.22. The van der Waals surface area contributed by atoms with Crippen LogP contribution >= 0.6 is 24.2 Å². The lowest BCUT2D eigenvalue weighted by atomic mass is 10.2. The molecule has 2 atom stereocenters. The molecule has 0 aromatic carbocycles. The Balaban J connectivity index is 0.00000196. The van der Waals surface area contributed by atoms with Gasteiger partial charge in [-0.3, -0.25) is 4.79 Å². The smallest absolute Gasteiger partial charge is 0.226 e. The lowest BCUT2D eigenvalue weighted by Gasteiger charge is -2.20. The zero-order valence-corrected chi connectivity index (χ0v) is 11.3. The molecule has 1 N–H and O–H groups in total. The summed E-state index contributed by atoms with van der Waals surface area (Å²) in [5.74, 6) is 1.41. The van der Waals surface area contributed by atoms with Crippen molar-refractivity contribution in [1.29, 1.82) is 0 Å². The van der Waals surface area contributed by atoms with E-state index >= 15 is 0 Å². The molecule has 1 aliphatic rings. The van der Waals surface area contributed by atoms with E-state index in [1.807, 2.05) is 25.1 Å². The maximum absolute atomic E-state index is 11.9. The molecular formula is C10H21ClN2OS. The summed E-state index contributed by atoms with van der Waals surface area (Å²) in [4.78, 5) is 13.9. The molecule has 1 saturated heterocycles. The Morgan fingerprint density at radius 2 is 2.33 bits per heavy atom. The number of likely N-dealkylation sites (N-methyl/N-ethyl adjacent to an activating group) is 1. The molecule has 90 valence electrons. The maximum atomic E-state index is 11.9. The van der Waals surface area contributed by atoms with Crippen LogP contribution in [0.1, 0.15) is 13.3 Å². The van der Waals surface area contributed by atoms with Crippen LogP contribution in [0.15, 0.2) is 0 Å². The molecule has 15 heavy (non-hydrogen) atoms. The van der Waals surface area contributed by atoms with Gasteiger partial charge in [0, 0.05) is 30.8 Å². The molecule has 1 rings (SSSR count). The first kappa shape index (κ1) is 15.1. The van der Waals surface area contributed by atoms with E-state index in [2.05, 4.69) is 5.32 Å². The third-order valence-corrected chi connectivity index (χ3v) is 3.58. The molecule has 0 aliphatic carbocycles. The van der Waals surface area contributed by atoms with Crippen molar-refractivity contribution in [2.24, 2.45) is 5.92 Å². The number of carbonyl (C=O) groups excluding carboxylic acids is 1. The normalized spacial score (nSPS) is 22.3. The van der Waals surface area contributed by atoms with Crippen LogP contribution in [-0.4, -0.2) is 49.0 Å². The number of rotatable bonds is 4. The molecule has 5 heteroatoms. The summed E-state index contributed by atoms with van der Waals surface area (Å²) < 4.78 is 0. The Morgan fingerprint density at radius 1 is 1.67 bits per heavy atom. The van der Waals surface area contributed by atoms with Gasteiger partial charge in [0.1, 0.15) is 0 Å². The van der Waals surface area contributed by atoms with E-state index in [-0.39, 0.29) is 18.3 Å². The molecular weight excluding hydrogens is 232 g/mol. The predicted octanol–water partition coefficient (Wildman–Crippen LogP) is 1.23. The van der Waals surface area contributed by atoms with Gasteiger partial charge in [0.25, 0.3) is 0 Å². The first-order valence-electron chi connectivity index (χ1n) is 5.14. The molecule has 1 amide bonds. The second-order valence-corrected chi connectivity index (χ2v) is 4.83. The molecule has 1 fully saturated rings. The van der Waals surface area contributed by atoms with E-state index < -0.39 is 0 Å². The zero-order valence-electron chi connectivity index (χ0n) is 9.66. The van der Waals surface area contributed by atoms with E-state index in [1.165, 1.54) is 0 Å². The van der Waals surface area contributed by atoms with Gasteiger partial charge >= 0.3 is 0 Å². The minimum absolute atomic E-state index is 0. The molecule has 0 bridgehead atoms. The average molecular weight is 253 g/mol. The highest BCUT2D eigenvalue weighted by Gasteiger charge is 2.27. The summed E-state index contributed by atoms with van der Waals surface area (Å²) in [7, 11) is 1.96. The van der Waals surface area contributed by atoms with E-state index in [0.29, 0.717) is 11.9 Å². The number of amides is 1. The number of hydrogen-bond donors (Lipinski definition) is 1. The Kier molecular flexibility index (Phi) is 7.40. The van der Waals surface area contributed by atoms with Crippen LogP contribution in [0.4, 0.5) is 0 Å². The van der Waals surface area contributed by atoms with Crippen molar-refractivity contribution in [1.82, 2.24) is 10.2 Å². The van der Waals surface area contributed by atoms with E-state index in [1.54, 1.807) is 11.8 Å².